The number of aliphatic hydroxyl groups is 1. The van der Waals surface area contributed by atoms with Crippen LogP contribution in [0, 0.1) is 0 Å². The number of carbonyl (C=O) groups excluding carboxylic acids is 1. The number of carboxylic acid groups (broad SMARTS) is 1. The molecule has 98 valence electrons. The molecule has 0 radical (unpaired) electrons. The van der Waals surface area contributed by atoms with E-state index >= 15 is 0 Å². The van der Waals surface area contributed by atoms with Gasteiger partial charge in [-0.1, -0.05) is 0 Å². The number of furan rings is 1. The summed E-state index contributed by atoms with van der Waals surface area (Å²) in [4.78, 5) is 24.1. The summed E-state index contributed by atoms with van der Waals surface area (Å²) >= 11 is 0. The zero-order chi connectivity index (χ0) is 13.1. The van der Waals surface area contributed by atoms with Crippen LogP contribution in [0.25, 0.3) is 0 Å². The first kappa shape index (κ1) is 12.6. The largest absolute Gasteiger partial charge is 0.480 e. The van der Waals surface area contributed by atoms with Gasteiger partial charge in [-0.15, -0.1) is 0 Å². The highest BCUT2D eigenvalue weighted by molar-refractivity contribution is 5.84. The van der Waals surface area contributed by atoms with Crippen LogP contribution < -0.4 is 0 Å². The molecule has 1 saturated heterocycles. The standard InChI is InChI=1S/C12H15NO5/c14-8-6-10(12(16)17)13(7-8)11(15)4-3-9-2-1-5-18-9/h1-2,5,8,10,14H,3-4,6-7H2,(H,16,17)/t8-,10-/m1/s1. The molecule has 1 fully saturated rings. The summed E-state index contributed by atoms with van der Waals surface area (Å²) in [5.74, 6) is -0.650. The first-order valence-corrected chi connectivity index (χ1v) is 5.80. The average Bonchev–Trinajstić information content (AvgIpc) is 2.94. The van der Waals surface area contributed by atoms with Gasteiger partial charge >= 0.3 is 5.97 Å². The van der Waals surface area contributed by atoms with E-state index in [9.17, 15) is 14.7 Å². The highest BCUT2D eigenvalue weighted by atomic mass is 16.4. The third-order valence-electron chi connectivity index (χ3n) is 3.05. The number of carbonyl (C=O) groups is 2. The van der Waals surface area contributed by atoms with Gasteiger partial charge in [0.2, 0.25) is 5.91 Å². The summed E-state index contributed by atoms with van der Waals surface area (Å²) in [5.41, 5.74) is 0. The minimum Gasteiger partial charge on any atom is -0.480 e. The zero-order valence-electron chi connectivity index (χ0n) is 9.78. The summed E-state index contributed by atoms with van der Waals surface area (Å²) in [6.45, 7) is 0.0912. The van der Waals surface area contributed by atoms with Crippen molar-refractivity contribution in [3.8, 4) is 0 Å². The van der Waals surface area contributed by atoms with E-state index in [1.165, 1.54) is 11.2 Å². The van der Waals surface area contributed by atoms with Gasteiger partial charge in [-0.05, 0) is 12.1 Å². The van der Waals surface area contributed by atoms with Crippen molar-refractivity contribution in [3.63, 3.8) is 0 Å². The van der Waals surface area contributed by atoms with Crippen molar-refractivity contribution >= 4 is 11.9 Å². The van der Waals surface area contributed by atoms with Gasteiger partial charge in [0, 0.05) is 25.8 Å². The maximum Gasteiger partial charge on any atom is 0.326 e. The number of rotatable bonds is 4. The van der Waals surface area contributed by atoms with Crippen LogP contribution in [-0.2, 0) is 16.0 Å². The predicted octanol–water partition coefficient (Wildman–Crippen LogP) is 0.259. The zero-order valence-corrected chi connectivity index (χ0v) is 9.78. The van der Waals surface area contributed by atoms with Gasteiger partial charge in [0.25, 0.3) is 0 Å². The van der Waals surface area contributed by atoms with Crippen molar-refractivity contribution in [1.29, 1.82) is 0 Å². The molecule has 0 aliphatic carbocycles. The number of hydrogen-bond acceptors (Lipinski definition) is 4. The smallest absolute Gasteiger partial charge is 0.326 e. The fourth-order valence-electron chi connectivity index (χ4n) is 2.15. The topological polar surface area (TPSA) is 91.0 Å². The molecule has 1 aromatic rings. The Morgan fingerprint density at radius 1 is 1.50 bits per heavy atom. The van der Waals surface area contributed by atoms with Crippen molar-refractivity contribution in [3.05, 3.63) is 24.2 Å². The number of likely N-dealkylation sites (tertiary alicyclic amines) is 1. The van der Waals surface area contributed by atoms with Gasteiger partial charge in [0.15, 0.2) is 0 Å². The van der Waals surface area contributed by atoms with Crippen molar-refractivity contribution in [2.75, 3.05) is 6.54 Å². The Labute approximate surface area is 104 Å². The summed E-state index contributed by atoms with van der Waals surface area (Å²) in [6.07, 6.45) is 1.49. The lowest BCUT2D eigenvalue weighted by molar-refractivity contribution is -0.148. The van der Waals surface area contributed by atoms with Crippen LogP contribution in [0.15, 0.2) is 22.8 Å². The molecule has 0 spiro atoms. The second-order valence-electron chi connectivity index (χ2n) is 4.37. The number of aryl methyl sites for hydroxylation is 1. The Hall–Kier alpha value is -1.82. The van der Waals surface area contributed by atoms with Crippen LogP contribution in [0.3, 0.4) is 0 Å². The molecule has 6 nitrogen and oxygen atoms in total. The van der Waals surface area contributed by atoms with E-state index in [0.717, 1.165) is 0 Å². The van der Waals surface area contributed by atoms with Crippen molar-refractivity contribution in [2.24, 2.45) is 0 Å². The van der Waals surface area contributed by atoms with Crippen molar-refractivity contribution in [2.45, 2.75) is 31.4 Å². The Bertz CT molecular complexity index is 428. The van der Waals surface area contributed by atoms with Crippen LogP contribution in [0.4, 0.5) is 0 Å². The minimum absolute atomic E-state index is 0.0912. The molecule has 0 saturated carbocycles. The van der Waals surface area contributed by atoms with Gasteiger partial charge in [-0.3, -0.25) is 4.79 Å². The average molecular weight is 253 g/mol. The second kappa shape index (κ2) is 5.22. The SMILES string of the molecule is O=C(O)[C@H]1C[C@@H](O)CN1C(=O)CCc1ccco1. The lowest BCUT2D eigenvalue weighted by Crippen LogP contribution is -2.40. The number of nitrogens with zero attached hydrogens (tertiary/aromatic N) is 1. The van der Waals surface area contributed by atoms with Crippen LogP contribution in [0.2, 0.25) is 0 Å². The number of amides is 1. The number of carboxylic acids is 1. The Morgan fingerprint density at radius 3 is 2.89 bits per heavy atom. The quantitative estimate of drug-likeness (QED) is 0.803. The van der Waals surface area contributed by atoms with E-state index in [2.05, 4.69) is 0 Å². The van der Waals surface area contributed by atoms with E-state index in [-0.39, 0.29) is 25.3 Å². The van der Waals surface area contributed by atoms with Gasteiger partial charge in [-0.2, -0.15) is 0 Å². The van der Waals surface area contributed by atoms with Crippen LogP contribution in [0.5, 0.6) is 0 Å². The fraction of sp³-hybridized carbons (Fsp3) is 0.500. The normalized spacial score (nSPS) is 23.3. The van der Waals surface area contributed by atoms with Crippen LogP contribution in [-0.4, -0.2) is 45.7 Å². The number of β-amino-alcohol motifs (C(OH)–C–C–N with tert-alkyl or cyclic N) is 1. The molecule has 2 atom stereocenters. The van der Waals surface area contributed by atoms with Crippen molar-refractivity contribution in [1.82, 2.24) is 4.90 Å². The number of aliphatic hydroxyl groups excluding tert-OH is 1. The predicted molar refractivity (Wildman–Crippen MR) is 60.8 cm³/mol. The van der Waals surface area contributed by atoms with E-state index in [1.54, 1.807) is 12.1 Å². The summed E-state index contributed by atoms with van der Waals surface area (Å²) < 4.78 is 5.11. The van der Waals surface area contributed by atoms with Gasteiger partial charge in [0.1, 0.15) is 11.8 Å². The molecule has 1 aromatic heterocycles. The first-order chi connectivity index (χ1) is 8.58. The highest BCUT2D eigenvalue weighted by Crippen LogP contribution is 2.19. The Kier molecular flexibility index (Phi) is 3.66. The second-order valence-corrected chi connectivity index (χ2v) is 4.37. The lowest BCUT2D eigenvalue weighted by atomic mass is 10.2. The van der Waals surface area contributed by atoms with E-state index in [4.69, 9.17) is 9.52 Å². The monoisotopic (exact) mass is 253 g/mol. The van der Waals surface area contributed by atoms with Crippen LogP contribution >= 0.6 is 0 Å². The summed E-state index contributed by atoms with van der Waals surface area (Å²) in [6, 6.07) is 2.59. The molecule has 2 N–H and O–H groups in total. The number of aliphatic carboxylic acids is 1. The van der Waals surface area contributed by atoms with E-state index in [0.29, 0.717) is 12.2 Å². The van der Waals surface area contributed by atoms with Gasteiger partial charge in [-0.25, -0.2) is 4.79 Å². The maximum absolute atomic E-state index is 11.9. The van der Waals surface area contributed by atoms with E-state index in [1.807, 2.05) is 0 Å². The van der Waals surface area contributed by atoms with Crippen LogP contribution in [0.1, 0.15) is 18.6 Å². The van der Waals surface area contributed by atoms with E-state index < -0.39 is 18.1 Å². The molecule has 2 heterocycles. The first-order valence-electron chi connectivity index (χ1n) is 5.80. The fourth-order valence-corrected chi connectivity index (χ4v) is 2.15. The van der Waals surface area contributed by atoms with Gasteiger partial charge in [0.05, 0.1) is 12.4 Å². The summed E-state index contributed by atoms with van der Waals surface area (Å²) in [5, 5.41) is 18.4. The lowest BCUT2D eigenvalue weighted by Gasteiger charge is -2.20. The molecule has 0 bridgehead atoms. The molecule has 1 aliphatic rings. The Balaban J connectivity index is 1.93. The third-order valence-corrected chi connectivity index (χ3v) is 3.05. The molecule has 2 rings (SSSR count). The summed E-state index contributed by atoms with van der Waals surface area (Å²) in [7, 11) is 0. The highest BCUT2D eigenvalue weighted by Gasteiger charge is 2.38. The molecular weight excluding hydrogens is 238 g/mol. The maximum atomic E-state index is 11.9. The van der Waals surface area contributed by atoms with Crippen molar-refractivity contribution < 1.29 is 24.2 Å². The Morgan fingerprint density at radius 2 is 2.28 bits per heavy atom. The third kappa shape index (κ3) is 2.70. The molecule has 0 unspecified atom stereocenters. The molecule has 1 aliphatic heterocycles. The molecule has 6 heteroatoms. The van der Waals surface area contributed by atoms with Gasteiger partial charge < -0.3 is 19.5 Å². The molecular formula is C12H15NO5. The number of hydrogen-bond donors (Lipinski definition) is 2. The molecule has 1 amide bonds. The minimum atomic E-state index is -1.07. The molecule has 0 aromatic carbocycles. The molecule has 18 heavy (non-hydrogen) atoms.